The number of hydrogen-bond acceptors (Lipinski definition) is 6. The number of hydrogen-bond donors (Lipinski definition) is 0. The van der Waals surface area contributed by atoms with E-state index in [2.05, 4.69) is 10.1 Å². The SMILES string of the molecule is CC(C)N(Cc1ccccc1)S(=O)(=O)c1ccc(C(=O)N(/N=C/c2ccccc2)c2nc3ccc(F)cc3s2)cc1. The molecule has 5 rings (SSSR count). The summed E-state index contributed by atoms with van der Waals surface area (Å²) < 4.78 is 43.0. The number of carbonyl (C=O) groups is 1. The van der Waals surface area contributed by atoms with Crippen molar-refractivity contribution in [3.8, 4) is 0 Å². The van der Waals surface area contributed by atoms with E-state index in [1.54, 1.807) is 6.07 Å². The molecule has 0 aliphatic heterocycles. The summed E-state index contributed by atoms with van der Waals surface area (Å²) in [7, 11) is -3.85. The maximum Gasteiger partial charge on any atom is 0.280 e. The first-order valence-electron chi connectivity index (χ1n) is 12.9. The molecule has 0 aliphatic carbocycles. The van der Waals surface area contributed by atoms with Crippen LogP contribution in [0.4, 0.5) is 9.52 Å². The molecule has 1 amide bonds. The van der Waals surface area contributed by atoms with Gasteiger partial charge in [0.05, 0.1) is 21.3 Å². The number of benzene rings is 4. The number of amides is 1. The Morgan fingerprint density at radius 3 is 2.27 bits per heavy atom. The monoisotopic (exact) mass is 586 g/mol. The lowest BCUT2D eigenvalue weighted by Gasteiger charge is -2.26. The molecule has 41 heavy (non-hydrogen) atoms. The lowest BCUT2D eigenvalue weighted by atomic mass is 10.2. The smallest absolute Gasteiger partial charge is 0.267 e. The van der Waals surface area contributed by atoms with Crippen LogP contribution >= 0.6 is 11.3 Å². The van der Waals surface area contributed by atoms with Crippen molar-refractivity contribution < 1.29 is 17.6 Å². The number of rotatable bonds is 9. The molecule has 0 unspecified atom stereocenters. The van der Waals surface area contributed by atoms with E-state index < -0.39 is 21.7 Å². The Hall–Kier alpha value is -4.25. The molecule has 5 aromatic rings. The molecule has 1 heterocycles. The van der Waals surface area contributed by atoms with Crippen molar-refractivity contribution in [1.29, 1.82) is 0 Å². The molecule has 208 valence electrons. The average Bonchev–Trinajstić information content (AvgIpc) is 3.39. The van der Waals surface area contributed by atoms with Gasteiger partial charge < -0.3 is 0 Å². The van der Waals surface area contributed by atoms with Crippen molar-refractivity contribution in [2.75, 3.05) is 5.01 Å². The lowest BCUT2D eigenvalue weighted by Crippen LogP contribution is -2.36. The Kier molecular flexibility index (Phi) is 8.34. The van der Waals surface area contributed by atoms with Gasteiger partial charge in [0, 0.05) is 18.2 Å². The summed E-state index contributed by atoms with van der Waals surface area (Å²) in [5.41, 5.74) is 2.40. The summed E-state index contributed by atoms with van der Waals surface area (Å²) in [6, 6.07) is 28.4. The Bertz CT molecular complexity index is 1790. The number of fused-ring (bicyclic) bond motifs is 1. The zero-order valence-corrected chi connectivity index (χ0v) is 24.0. The summed E-state index contributed by atoms with van der Waals surface area (Å²) in [5, 5.41) is 5.82. The molecule has 0 N–H and O–H groups in total. The maximum absolute atomic E-state index is 13.8. The molecular weight excluding hydrogens is 559 g/mol. The van der Waals surface area contributed by atoms with Crippen molar-refractivity contribution in [2.45, 2.75) is 31.3 Å². The predicted molar refractivity (Wildman–Crippen MR) is 161 cm³/mol. The van der Waals surface area contributed by atoms with Crippen molar-refractivity contribution in [3.63, 3.8) is 0 Å². The highest BCUT2D eigenvalue weighted by Crippen LogP contribution is 2.31. The van der Waals surface area contributed by atoms with Crippen LogP contribution < -0.4 is 5.01 Å². The van der Waals surface area contributed by atoms with E-state index in [0.717, 1.165) is 27.5 Å². The highest BCUT2D eigenvalue weighted by molar-refractivity contribution is 7.89. The average molecular weight is 587 g/mol. The zero-order valence-electron chi connectivity index (χ0n) is 22.4. The van der Waals surface area contributed by atoms with Crippen molar-refractivity contribution in [3.05, 3.63) is 126 Å². The molecule has 0 radical (unpaired) electrons. The van der Waals surface area contributed by atoms with Gasteiger partial charge in [-0.1, -0.05) is 72.0 Å². The first kappa shape index (κ1) is 28.3. The van der Waals surface area contributed by atoms with E-state index in [-0.39, 0.29) is 28.2 Å². The predicted octanol–water partition coefficient (Wildman–Crippen LogP) is 6.72. The van der Waals surface area contributed by atoms with Gasteiger partial charge in [-0.3, -0.25) is 4.79 Å². The Labute approximate surface area is 242 Å². The largest absolute Gasteiger partial charge is 0.280 e. The number of nitrogens with zero attached hydrogens (tertiary/aromatic N) is 4. The fourth-order valence-electron chi connectivity index (χ4n) is 4.16. The van der Waals surface area contributed by atoms with Crippen LogP contribution in [0, 0.1) is 5.82 Å². The summed E-state index contributed by atoms with van der Waals surface area (Å²) in [6.45, 7) is 3.87. The Morgan fingerprint density at radius 2 is 1.61 bits per heavy atom. The number of aromatic nitrogens is 1. The zero-order chi connectivity index (χ0) is 29.0. The van der Waals surface area contributed by atoms with Gasteiger partial charge in [-0.05, 0) is 67.4 Å². The molecule has 0 spiro atoms. The second-order valence-corrected chi connectivity index (χ2v) is 12.4. The fourth-order valence-corrected chi connectivity index (χ4v) is 6.74. The van der Waals surface area contributed by atoms with Gasteiger partial charge in [0.2, 0.25) is 15.2 Å². The summed E-state index contributed by atoms with van der Waals surface area (Å²) >= 11 is 1.13. The molecule has 0 saturated heterocycles. The second kappa shape index (κ2) is 12.1. The van der Waals surface area contributed by atoms with Crippen LogP contribution in [0.3, 0.4) is 0 Å². The first-order chi connectivity index (χ1) is 19.7. The van der Waals surface area contributed by atoms with Crippen molar-refractivity contribution in [1.82, 2.24) is 9.29 Å². The first-order valence-corrected chi connectivity index (χ1v) is 15.1. The van der Waals surface area contributed by atoms with E-state index in [9.17, 15) is 17.6 Å². The number of carbonyl (C=O) groups excluding carboxylic acids is 1. The second-order valence-electron chi connectivity index (χ2n) is 9.53. The summed E-state index contributed by atoms with van der Waals surface area (Å²) in [6.07, 6.45) is 1.54. The molecule has 10 heteroatoms. The fraction of sp³-hybridized carbons (Fsp3) is 0.129. The molecule has 1 aromatic heterocycles. The van der Waals surface area contributed by atoms with E-state index >= 15 is 0 Å². The molecule has 0 saturated carbocycles. The van der Waals surface area contributed by atoms with Crippen LogP contribution in [0.1, 0.15) is 35.3 Å². The van der Waals surface area contributed by atoms with Crippen LogP contribution in [0.5, 0.6) is 0 Å². The molecule has 0 atom stereocenters. The van der Waals surface area contributed by atoms with Gasteiger partial charge in [0.25, 0.3) is 5.91 Å². The highest BCUT2D eigenvalue weighted by atomic mass is 32.2. The van der Waals surface area contributed by atoms with Gasteiger partial charge >= 0.3 is 0 Å². The van der Waals surface area contributed by atoms with Gasteiger partial charge in [-0.2, -0.15) is 14.4 Å². The van der Waals surface area contributed by atoms with Gasteiger partial charge in [0.15, 0.2) is 0 Å². The van der Waals surface area contributed by atoms with Crippen LogP contribution in [0.15, 0.2) is 113 Å². The van der Waals surface area contributed by atoms with Gasteiger partial charge in [-0.15, -0.1) is 0 Å². The molecule has 0 bridgehead atoms. The van der Waals surface area contributed by atoms with E-state index in [4.69, 9.17) is 0 Å². The van der Waals surface area contributed by atoms with Crippen LogP contribution in [-0.4, -0.2) is 35.9 Å². The molecule has 0 aliphatic rings. The maximum atomic E-state index is 13.8. The van der Waals surface area contributed by atoms with Crippen LogP contribution in [0.2, 0.25) is 0 Å². The van der Waals surface area contributed by atoms with Crippen LogP contribution in [0.25, 0.3) is 10.2 Å². The number of anilines is 1. The van der Waals surface area contributed by atoms with Crippen molar-refractivity contribution >= 4 is 48.8 Å². The minimum Gasteiger partial charge on any atom is -0.267 e. The Morgan fingerprint density at radius 1 is 0.951 bits per heavy atom. The number of halogens is 1. The lowest BCUT2D eigenvalue weighted by molar-refractivity contribution is 0.0987. The quantitative estimate of drug-likeness (QED) is 0.142. The summed E-state index contributed by atoms with van der Waals surface area (Å²) in [5.74, 6) is -0.913. The standard InChI is InChI=1S/C31H27FN4O3S2/c1-22(2)35(21-24-11-7-4-8-12-24)41(38,39)27-16-13-25(14-17-27)30(37)36(33-20-23-9-5-3-6-10-23)31-34-28-18-15-26(32)19-29(28)40-31/h3-20,22H,21H2,1-2H3/b33-20+. The molecule has 4 aromatic carbocycles. The van der Waals surface area contributed by atoms with Gasteiger partial charge in [0.1, 0.15) is 5.82 Å². The normalized spacial score (nSPS) is 12.0. The third-order valence-electron chi connectivity index (χ3n) is 6.30. The Balaban J connectivity index is 1.46. The molecular formula is C31H27FN4O3S2. The highest BCUT2D eigenvalue weighted by Gasteiger charge is 2.28. The topological polar surface area (TPSA) is 82.9 Å². The molecule has 0 fully saturated rings. The van der Waals surface area contributed by atoms with Crippen molar-refractivity contribution in [2.24, 2.45) is 5.10 Å². The van der Waals surface area contributed by atoms with Crippen LogP contribution in [-0.2, 0) is 16.6 Å². The van der Waals surface area contributed by atoms with E-state index in [0.29, 0.717) is 10.2 Å². The molecule has 7 nitrogen and oxygen atoms in total. The minimum atomic E-state index is -3.85. The summed E-state index contributed by atoms with van der Waals surface area (Å²) in [4.78, 5) is 18.3. The minimum absolute atomic E-state index is 0.0773. The van der Waals surface area contributed by atoms with Gasteiger partial charge in [-0.25, -0.2) is 17.8 Å². The van der Waals surface area contributed by atoms with E-state index in [1.807, 2.05) is 74.5 Å². The number of hydrazone groups is 1. The number of sulfonamides is 1. The third kappa shape index (κ3) is 6.40. The number of thiazole rings is 1. The van der Waals surface area contributed by atoms with E-state index in [1.165, 1.54) is 46.9 Å². The third-order valence-corrected chi connectivity index (χ3v) is 9.33.